The topological polar surface area (TPSA) is 52.1 Å². The maximum Gasteiger partial charge on any atom is 0.222 e. The quantitative estimate of drug-likeness (QED) is 0.628. The van der Waals surface area contributed by atoms with E-state index >= 15 is 0 Å². The molecule has 0 saturated carbocycles. The van der Waals surface area contributed by atoms with Gasteiger partial charge < -0.3 is 4.74 Å². The lowest BCUT2D eigenvalue weighted by Crippen LogP contribution is -2.05. The highest BCUT2D eigenvalue weighted by Crippen LogP contribution is 2.14. The van der Waals surface area contributed by atoms with Crippen LogP contribution in [0.1, 0.15) is 16.1 Å². The summed E-state index contributed by atoms with van der Waals surface area (Å²) in [5, 5.41) is 0.144. The van der Waals surface area contributed by atoms with Gasteiger partial charge in [0, 0.05) is 11.8 Å². The second-order valence-electron chi connectivity index (χ2n) is 3.65. The molecule has 0 aliphatic carbocycles. The molecule has 4 nitrogen and oxygen atoms in total. The number of halogens is 1. The van der Waals surface area contributed by atoms with Crippen LogP contribution in [0, 0.1) is 0 Å². The second kappa shape index (κ2) is 5.60. The minimum Gasteiger partial charge on any atom is -0.497 e. The summed E-state index contributed by atoms with van der Waals surface area (Å²) < 4.78 is 5.08. The number of carbonyl (C=O) groups excluding carboxylic acids is 1. The van der Waals surface area contributed by atoms with E-state index in [-0.39, 0.29) is 17.5 Å². The largest absolute Gasteiger partial charge is 0.497 e. The molecular weight excluding hydrogens is 252 g/mol. The van der Waals surface area contributed by atoms with Gasteiger partial charge in [0.15, 0.2) is 5.78 Å². The number of carbonyl (C=O) groups is 1. The fourth-order valence-corrected chi connectivity index (χ4v) is 1.70. The highest BCUT2D eigenvalue weighted by molar-refractivity contribution is 6.28. The smallest absolute Gasteiger partial charge is 0.222 e. The molecule has 1 aromatic heterocycles. The van der Waals surface area contributed by atoms with E-state index in [1.807, 2.05) is 0 Å². The molecule has 0 saturated heterocycles. The molecule has 92 valence electrons. The molecule has 18 heavy (non-hydrogen) atoms. The van der Waals surface area contributed by atoms with Gasteiger partial charge in [0.25, 0.3) is 0 Å². The average molecular weight is 263 g/mol. The molecule has 0 unspecified atom stereocenters. The van der Waals surface area contributed by atoms with Crippen LogP contribution in [0.3, 0.4) is 0 Å². The zero-order chi connectivity index (χ0) is 13.0. The number of hydrogen-bond acceptors (Lipinski definition) is 4. The van der Waals surface area contributed by atoms with Crippen molar-refractivity contribution in [2.24, 2.45) is 0 Å². The molecule has 2 aromatic rings. The second-order valence-corrected chi connectivity index (χ2v) is 3.99. The first-order chi connectivity index (χ1) is 8.69. The average Bonchev–Trinajstić information content (AvgIpc) is 2.39. The summed E-state index contributed by atoms with van der Waals surface area (Å²) in [6, 6.07) is 8.68. The van der Waals surface area contributed by atoms with Crippen LogP contribution in [0.2, 0.25) is 5.28 Å². The fourth-order valence-electron chi connectivity index (χ4n) is 1.53. The summed E-state index contributed by atoms with van der Waals surface area (Å²) in [6.45, 7) is 0. The molecule has 0 aliphatic heterocycles. The third kappa shape index (κ3) is 3.05. The van der Waals surface area contributed by atoms with Crippen molar-refractivity contribution in [1.29, 1.82) is 0 Å². The molecule has 1 heterocycles. The van der Waals surface area contributed by atoms with Gasteiger partial charge in [-0.3, -0.25) is 4.79 Å². The van der Waals surface area contributed by atoms with E-state index in [2.05, 4.69) is 9.97 Å². The molecular formula is C13H11ClN2O2. The molecule has 0 fully saturated rings. The van der Waals surface area contributed by atoms with Gasteiger partial charge in [0.05, 0.1) is 19.2 Å². The number of nitrogens with zero attached hydrogens (tertiary/aromatic N) is 2. The Bertz CT molecular complexity index is 572. The van der Waals surface area contributed by atoms with Crippen molar-refractivity contribution in [2.45, 2.75) is 6.42 Å². The number of aromatic nitrogens is 2. The third-order valence-corrected chi connectivity index (χ3v) is 2.60. The first kappa shape index (κ1) is 12.5. The zero-order valence-corrected chi connectivity index (χ0v) is 10.5. The highest BCUT2D eigenvalue weighted by Gasteiger charge is 2.09. The van der Waals surface area contributed by atoms with E-state index in [4.69, 9.17) is 16.3 Å². The van der Waals surface area contributed by atoms with Gasteiger partial charge >= 0.3 is 0 Å². The Kier molecular flexibility index (Phi) is 3.89. The van der Waals surface area contributed by atoms with Crippen LogP contribution in [0.25, 0.3) is 0 Å². The van der Waals surface area contributed by atoms with Gasteiger partial charge in [-0.15, -0.1) is 0 Å². The van der Waals surface area contributed by atoms with Gasteiger partial charge in [-0.2, -0.15) is 0 Å². The fraction of sp³-hybridized carbons (Fsp3) is 0.154. The van der Waals surface area contributed by atoms with E-state index in [0.29, 0.717) is 17.0 Å². The van der Waals surface area contributed by atoms with Gasteiger partial charge in [-0.05, 0) is 29.8 Å². The van der Waals surface area contributed by atoms with Gasteiger partial charge in [0.2, 0.25) is 5.28 Å². The van der Waals surface area contributed by atoms with Crippen molar-refractivity contribution in [3.05, 3.63) is 53.1 Å². The third-order valence-electron chi connectivity index (χ3n) is 2.42. The van der Waals surface area contributed by atoms with Crippen molar-refractivity contribution < 1.29 is 9.53 Å². The highest BCUT2D eigenvalue weighted by atomic mass is 35.5. The number of ether oxygens (including phenoxy) is 1. The van der Waals surface area contributed by atoms with Crippen molar-refractivity contribution in [3.63, 3.8) is 0 Å². The summed E-state index contributed by atoms with van der Waals surface area (Å²) in [7, 11) is 1.56. The minimum absolute atomic E-state index is 0.0383. The van der Waals surface area contributed by atoms with E-state index in [1.54, 1.807) is 37.4 Å². The van der Waals surface area contributed by atoms with Crippen LogP contribution < -0.4 is 4.74 Å². The maximum atomic E-state index is 12.0. The zero-order valence-electron chi connectivity index (χ0n) is 9.76. The predicted molar refractivity (Wildman–Crippen MR) is 68.1 cm³/mol. The Balaban J connectivity index is 2.16. The standard InChI is InChI=1S/C13H11ClN2O2/c1-18-11-4-2-3-9(7-11)12(17)8-10-5-6-15-13(14)16-10/h2-7H,8H2,1H3. The van der Waals surface area contributed by atoms with E-state index in [1.165, 1.54) is 6.20 Å². The normalized spacial score (nSPS) is 10.1. The lowest BCUT2D eigenvalue weighted by molar-refractivity contribution is 0.0991. The molecule has 0 N–H and O–H groups in total. The van der Waals surface area contributed by atoms with Crippen LogP contribution >= 0.6 is 11.6 Å². The lowest BCUT2D eigenvalue weighted by Gasteiger charge is -2.03. The van der Waals surface area contributed by atoms with Crippen LogP contribution in [0.15, 0.2) is 36.5 Å². The molecule has 0 radical (unpaired) electrons. The lowest BCUT2D eigenvalue weighted by atomic mass is 10.1. The summed E-state index contributed by atoms with van der Waals surface area (Å²) in [5.74, 6) is 0.616. The number of ketones is 1. The Morgan fingerprint density at radius 1 is 1.39 bits per heavy atom. The number of rotatable bonds is 4. The van der Waals surface area contributed by atoms with Crippen molar-refractivity contribution in [2.75, 3.05) is 7.11 Å². The molecule has 0 aliphatic rings. The summed E-state index contributed by atoms with van der Waals surface area (Å²) in [6.07, 6.45) is 1.72. The van der Waals surface area contributed by atoms with Gasteiger partial charge in [0.1, 0.15) is 5.75 Å². The number of hydrogen-bond donors (Lipinski definition) is 0. The van der Waals surface area contributed by atoms with Crippen LogP contribution in [0.4, 0.5) is 0 Å². The first-order valence-electron chi connectivity index (χ1n) is 5.33. The maximum absolute atomic E-state index is 12.0. The monoisotopic (exact) mass is 262 g/mol. The Labute approximate surface area is 110 Å². The minimum atomic E-state index is -0.0383. The van der Waals surface area contributed by atoms with E-state index in [0.717, 1.165) is 0 Å². The summed E-state index contributed by atoms with van der Waals surface area (Å²) in [5.41, 5.74) is 1.19. The van der Waals surface area contributed by atoms with Crippen molar-refractivity contribution in [3.8, 4) is 5.75 Å². The first-order valence-corrected chi connectivity index (χ1v) is 5.71. The SMILES string of the molecule is COc1cccc(C(=O)Cc2ccnc(Cl)n2)c1. The molecule has 0 atom stereocenters. The molecule has 5 heteroatoms. The Morgan fingerprint density at radius 2 is 2.22 bits per heavy atom. The van der Waals surface area contributed by atoms with Crippen LogP contribution in [-0.4, -0.2) is 22.9 Å². The predicted octanol–water partition coefficient (Wildman–Crippen LogP) is 2.56. The Hall–Kier alpha value is -1.94. The number of methoxy groups -OCH3 is 1. The molecule has 0 spiro atoms. The summed E-state index contributed by atoms with van der Waals surface area (Å²) in [4.78, 5) is 19.8. The molecule has 1 aromatic carbocycles. The number of Topliss-reactive ketones (excluding diaryl/α,β-unsaturated/α-hetero) is 1. The van der Waals surface area contributed by atoms with Crippen molar-refractivity contribution >= 4 is 17.4 Å². The van der Waals surface area contributed by atoms with Gasteiger partial charge in [-0.25, -0.2) is 9.97 Å². The molecule has 2 rings (SSSR count). The van der Waals surface area contributed by atoms with Crippen LogP contribution in [-0.2, 0) is 6.42 Å². The Morgan fingerprint density at radius 3 is 2.94 bits per heavy atom. The van der Waals surface area contributed by atoms with E-state index < -0.39 is 0 Å². The number of benzene rings is 1. The van der Waals surface area contributed by atoms with Crippen molar-refractivity contribution in [1.82, 2.24) is 9.97 Å². The molecule has 0 bridgehead atoms. The van der Waals surface area contributed by atoms with E-state index in [9.17, 15) is 4.79 Å². The summed E-state index contributed by atoms with van der Waals surface area (Å²) >= 11 is 5.67. The van der Waals surface area contributed by atoms with Crippen LogP contribution in [0.5, 0.6) is 5.75 Å². The van der Waals surface area contributed by atoms with Gasteiger partial charge in [-0.1, -0.05) is 12.1 Å². The molecule has 0 amide bonds.